The summed E-state index contributed by atoms with van der Waals surface area (Å²) in [6.45, 7) is 5.48. The molecule has 2 atom stereocenters. The Bertz CT molecular complexity index is 685. The smallest absolute Gasteiger partial charge is 0.289 e. The van der Waals surface area contributed by atoms with E-state index in [1.165, 1.54) is 11.1 Å². The number of likely N-dealkylation sites (N-methyl/N-ethyl adjacent to an activating group) is 1. The molecule has 0 radical (unpaired) electrons. The molecule has 0 spiro atoms. The molecule has 2 aromatic heterocycles. The van der Waals surface area contributed by atoms with Crippen molar-refractivity contribution >= 4 is 34.9 Å². The Morgan fingerprint density at radius 2 is 2.21 bits per heavy atom. The lowest BCUT2D eigenvalue weighted by Crippen LogP contribution is -2.40. The van der Waals surface area contributed by atoms with Crippen LogP contribution in [0.4, 0.5) is 0 Å². The van der Waals surface area contributed by atoms with Crippen molar-refractivity contribution in [2.24, 2.45) is 0 Å². The molecule has 1 saturated heterocycles. The minimum Gasteiger partial charge on any atom is -0.459 e. The Labute approximate surface area is 149 Å². The minimum absolute atomic E-state index is 0.0462. The molecule has 128 valence electrons. The van der Waals surface area contributed by atoms with Gasteiger partial charge in [-0.15, -0.1) is 23.1 Å². The first kappa shape index (κ1) is 17.1. The summed E-state index contributed by atoms with van der Waals surface area (Å²) in [4.78, 5) is 29.7. The number of hydrogen-bond donors (Lipinski definition) is 0. The van der Waals surface area contributed by atoms with Crippen LogP contribution in [0.25, 0.3) is 0 Å². The summed E-state index contributed by atoms with van der Waals surface area (Å²) in [5, 5.41) is 2.03. The SMILES string of the molecule is CCN(CCN1C(=O)[C@@H](C)S[C@H]1c1cccs1)C(=O)c1ccco1. The molecule has 0 unspecified atom stereocenters. The summed E-state index contributed by atoms with van der Waals surface area (Å²) in [7, 11) is 0. The second-order valence-electron chi connectivity index (χ2n) is 5.54. The quantitative estimate of drug-likeness (QED) is 0.788. The van der Waals surface area contributed by atoms with Crippen LogP contribution in [0.1, 0.15) is 34.7 Å². The van der Waals surface area contributed by atoms with Gasteiger partial charge in [-0.25, -0.2) is 0 Å². The molecular formula is C17H20N2O3S2. The van der Waals surface area contributed by atoms with Crippen LogP contribution in [0.15, 0.2) is 40.3 Å². The van der Waals surface area contributed by atoms with Gasteiger partial charge in [0.15, 0.2) is 5.76 Å². The molecule has 1 aliphatic heterocycles. The van der Waals surface area contributed by atoms with Crippen molar-refractivity contribution in [3.05, 3.63) is 46.5 Å². The Morgan fingerprint density at radius 3 is 2.83 bits per heavy atom. The molecular weight excluding hydrogens is 344 g/mol. The molecule has 0 saturated carbocycles. The molecule has 2 amide bonds. The molecule has 0 N–H and O–H groups in total. The van der Waals surface area contributed by atoms with E-state index in [-0.39, 0.29) is 22.4 Å². The lowest BCUT2D eigenvalue weighted by molar-refractivity contribution is -0.129. The van der Waals surface area contributed by atoms with Gasteiger partial charge >= 0.3 is 0 Å². The standard InChI is InChI=1S/C17H20N2O3S2/c1-3-18(16(21)13-6-4-10-22-13)8-9-19-15(20)12(2)24-17(19)14-7-5-11-23-14/h4-7,10-12,17H,3,8-9H2,1-2H3/t12-,17+/m1/s1. The molecule has 3 heterocycles. The monoisotopic (exact) mass is 364 g/mol. The van der Waals surface area contributed by atoms with E-state index >= 15 is 0 Å². The number of amides is 2. The first-order chi connectivity index (χ1) is 11.6. The van der Waals surface area contributed by atoms with Gasteiger partial charge in [0.2, 0.25) is 5.91 Å². The highest BCUT2D eigenvalue weighted by Crippen LogP contribution is 2.44. The number of furan rings is 1. The van der Waals surface area contributed by atoms with Crippen LogP contribution < -0.4 is 0 Å². The Kier molecular flexibility index (Phi) is 5.30. The van der Waals surface area contributed by atoms with Crippen LogP contribution >= 0.6 is 23.1 Å². The topological polar surface area (TPSA) is 53.8 Å². The van der Waals surface area contributed by atoms with Crippen LogP contribution in [0.2, 0.25) is 0 Å². The minimum atomic E-state index is -0.137. The maximum atomic E-state index is 12.5. The first-order valence-corrected chi connectivity index (χ1v) is 9.76. The summed E-state index contributed by atoms with van der Waals surface area (Å²) in [6, 6.07) is 7.44. The molecule has 3 rings (SSSR count). The molecule has 0 aromatic carbocycles. The number of nitrogens with zero attached hydrogens (tertiary/aromatic N) is 2. The zero-order chi connectivity index (χ0) is 17.1. The van der Waals surface area contributed by atoms with Crippen molar-refractivity contribution < 1.29 is 14.0 Å². The zero-order valence-electron chi connectivity index (χ0n) is 13.7. The average Bonchev–Trinajstić information content (AvgIpc) is 3.32. The van der Waals surface area contributed by atoms with E-state index in [2.05, 4.69) is 6.07 Å². The van der Waals surface area contributed by atoms with Crippen molar-refractivity contribution in [1.82, 2.24) is 9.80 Å². The average molecular weight is 364 g/mol. The Morgan fingerprint density at radius 1 is 1.38 bits per heavy atom. The molecule has 2 aromatic rings. The highest BCUT2D eigenvalue weighted by atomic mass is 32.2. The molecule has 1 fully saturated rings. The normalized spacial score (nSPS) is 20.6. The van der Waals surface area contributed by atoms with Crippen molar-refractivity contribution in [2.75, 3.05) is 19.6 Å². The Hall–Kier alpha value is -1.73. The third kappa shape index (κ3) is 3.37. The summed E-state index contributed by atoms with van der Waals surface area (Å²) in [5.41, 5.74) is 0. The second kappa shape index (κ2) is 7.44. The number of thioether (sulfide) groups is 1. The predicted molar refractivity (Wildman–Crippen MR) is 96.1 cm³/mol. The summed E-state index contributed by atoms with van der Waals surface area (Å²) in [6.07, 6.45) is 1.50. The fourth-order valence-corrected chi connectivity index (χ4v) is 5.00. The van der Waals surface area contributed by atoms with Gasteiger partial charge in [-0.05, 0) is 37.4 Å². The molecule has 1 aliphatic rings. The van der Waals surface area contributed by atoms with Gasteiger partial charge in [0.25, 0.3) is 5.91 Å². The van der Waals surface area contributed by atoms with E-state index in [0.717, 1.165) is 0 Å². The zero-order valence-corrected chi connectivity index (χ0v) is 15.3. The van der Waals surface area contributed by atoms with Gasteiger partial charge in [-0.1, -0.05) is 6.07 Å². The van der Waals surface area contributed by atoms with Gasteiger partial charge in [0.1, 0.15) is 5.37 Å². The van der Waals surface area contributed by atoms with Gasteiger partial charge in [0.05, 0.1) is 11.5 Å². The van der Waals surface area contributed by atoms with Gasteiger partial charge < -0.3 is 14.2 Å². The van der Waals surface area contributed by atoms with E-state index in [1.54, 1.807) is 40.1 Å². The van der Waals surface area contributed by atoms with Gasteiger partial charge in [0, 0.05) is 24.5 Å². The number of carbonyl (C=O) groups is 2. The van der Waals surface area contributed by atoms with Crippen molar-refractivity contribution in [2.45, 2.75) is 24.5 Å². The van der Waals surface area contributed by atoms with Gasteiger partial charge in [-0.3, -0.25) is 9.59 Å². The predicted octanol–water partition coefficient (Wildman–Crippen LogP) is 3.47. The maximum absolute atomic E-state index is 12.5. The van der Waals surface area contributed by atoms with Crippen LogP contribution in [0.5, 0.6) is 0 Å². The molecule has 24 heavy (non-hydrogen) atoms. The van der Waals surface area contributed by atoms with Crippen molar-refractivity contribution in [3.63, 3.8) is 0 Å². The van der Waals surface area contributed by atoms with Crippen LogP contribution in [-0.2, 0) is 4.79 Å². The lowest BCUT2D eigenvalue weighted by Gasteiger charge is -2.27. The summed E-state index contributed by atoms with van der Waals surface area (Å²) in [5.74, 6) is 0.338. The van der Waals surface area contributed by atoms with Crippen molar-refractivity contribution in [3.8, 4) is 0 Å². The highest BCUT2D eigenvalue weighted by molar-refractivity contribution is 8.01. The Balaban J connectivity index is 1.69. The molecule has 7 heteroatoms. The molecule has 5 nitrogen and oxygen atoms in total. The number of carbonyl (C=O) groups excluding carboxylic acids is 2. The van der Waals surface area contributed by atoms with Crippen LogP contribution in [0, 0.1) is 0 Å². The first-order valence-electron chi connectivity index (χ1n) is 7.94. The largest absolute Gasteiger partial charge is 0.459 e. The van der Waals surface area contributed by atoms with Crippen LogP contribution in [-0.4, -0.2) is 46.5 Å². The van der Waals surface area contributed by atoms with Crippen molar-refractivity contribution in [1.29, 1.82) is 0 Å². The van der Waals surface area contributed by atoms with E-state index in [4.69, 9.17) is 4.42 Å². The maximum Gasteiger partial charge on any atom is 0.289 e. The number of rotatable bonds is 6. The summed E-state index contributed by atoms with van der Waals surface area (Å²) < 4.78 is 5.19. The molecule has 0 bridgehead atoms. The van der Waals surface area contributed by atoms with Gasteiger partial charge in [-0.2, -0.15) is 0 Å². The van der Waals surface area contributed by atoms with E-state index in [0.29, 0.717) is 25.4 Å². The lowest BCUT2D eigenvalue weighted by atomic mass is 10.3. The fourth-order valence-electron chi connectivity index (χ4n) is 2.74. The highest BCUT2D eigenvalue weighted by Gasteiger charge is 2.39. The second-order valence-corrected chi connectivity index (χ2v) is 7.94. The van der Waals surface area contributed by atoms with E-state index in [1.807, 2.05) is 30.2 Å². The third-order valence-electron chi connectivity index (χ3n) is 4.05. The van der Waals surface area contributed by atoms with E-state index < -0.39 is 0 Å². The number of hydrogen-bond acceptors (Lipinski definition) is 5. The number of thiophene rings is 1. The molecule has 0 aliphatic carbocycles. The summed E-state index contributed by atoms with van der Waals surface area (Å²) >= 11 is 3.33. The van der Waals surface area contributed by atoms with E-state index in [9.17, 15) is 9.59 Å². The fraction of sp³-hybridized carbons (Fsp3) is 0.412. The van der Waals surface area contributed by atoms with Crippen LogP contribution in [0.3, 0.4) is 0 Å². The third-order valence-corrected chi connectivity index (χ3v) is 6.50.